The van der Waals surface area contributed by atoms with E-state index in [1.165, 1.54) is 0 Å². The summed E-state index contributed by atoms with van der Waals surface area (Å²) in [4.78, 5) is 11.8. The van der Waals surface area contributed by atoms with Crippen LogP contribution < -0.4 is 5.32 Å². The minimum atomic E-state index is -0.147. The Hall–Kier alpha value is -1.36. The van der Waals surface area contributed by atoms with Gasteiger partial charge < -0.3 is 10.4 Å². The number of carbonyl (C=O) groups is 1. The Morgan fingerprint density at radius 3 is 3.12 bits per heavy atom. The molecule has 0 spiro atoms. The minimum Gasteiger partial charge on any atom is -0.396 e. The standard InChI is InChI=1S/C11H17N3O2/c1-14-6-5-10(13-14)11(16)12-9-4-2-3-8(9)7-15/h5-6,8-9,15H,2-4,7H2,1H3,(H,12,16). The van der Waals surface area contributed by atoms with Gasteiger partial charge in [-0.2, -0.15) is 5.10 Å². The van der Waals surface area contributed by atoms with Gasteiger partial charge in [0.05, 0.1) is 0 Å². The molecule has 5 heteroatoms. The fourth-order valence-electron chi connectivity index (χ4n) is 2.22. The topological polar surface area (TPSA) is 67.2 Å². The maximum Gasteiger partial charge on any atom is 0.272 e. The van der Waals surface area contributed by atoms with Crippen LogP contribution in [-0.2, 0) is 7.05 Å². The Morgan fingerprint density at radius 2 is 2.50 bits per heavy atom. The molecule has 1 fully saturated rings. The van der Waals surface area contributed by atoms with E-state index in [0.29, 0.717) is 5.69 Å². The Labute approximate surface area is 94.5 Å². The first-order valence-electron chi connectivity index (χ1n) is 5.62. The third kappa shape index (κ3) is 2.24. The number of amides is 1. The molecule has 1 aliphatic carbocycles. The SMILES string of the molecule is Cn1ccc(C(=O)NC2CCCC2CO)n1. The summed E-state index contributed by atoms with van der Waals surface area (Å²) in [6, 6.07) is 1.79. The third-order valence-electron chi connectivity index (χ3n) is 3.16. The molecule has 88 valence electrons. The van der Waals surface area contributed by atoms with Crippen molar-refractivity contribution >= 4 is 5.91 Å². The van der Waals surface area contributed by atoms with E-state index in [-0.39, 0.29) is 24.5 Å². The summed E-state index contributed by atoms with van der Waals surface area (Å²) in [5.74, 6) is 0.0543. The molecule has 0 aliphatic heterocycles. The van der Waals surface area contributed by atoms with E-state index in [2.05, 4.69) is 10.4 Å². The van der Waals surface area contributed by atoms with E-state index >= 15 is 0 Å². The molecule has 0 saturated heterocycles. The highest BCUT2D eigenvalue weighted by atomic mass is 16.3. The molecule has 2 rings (SSSR count). The molecule has 1 amide bonds. The number of hydrogen-bond acceptors (Lipinski definition) is 3. The molecule has 0 aromatic carbocycles. The number of aromatic nitrogens is 2. The van der Waals surface area contributed by atoms with Crippen molar-refractivity contribution in [3.63, 3.8) is 0 Å². The Bertz CT molecular complexity index is 375. The van der Waals surface area contributed by atoms with Crippen LogP contribution >= 0.6 is 0 Å². The van der Waals surface area contributed by atoms with Crippen LogP contribution in [0, 0.1) is 5.92 Å². The van der Waals surface area contributed by atoms with Crippen molar-refractivity contribution < 1.29 is 9.90 Å². The average Bonchev–Trinajstić information content (AvgIpc) is 2.86. The molecule has 16 heavy (non-hydrogen) atoms. The molecule has 1 aliphatic rings. The number of aryl methyl sites for hydroxylation is 1. The molecular weight excluding hydrogens is 206 g/mol. The summed E-state index contributed by atoms with van der Waals surface area (Å²) < 4.78 is 1.60. The summed E-state index contributed by atoms with van der Waals surface area (Å²) in [5.41, 5.74) is 0.436. The fourth-order valence-corrected chi connectivity index (χ4v) is 2.22. The van der Waals surface area contributed by atoms with Gasteiger partial charge in [-0.3, -0.25) is 9.48 Å². The summed E-state index contributed by atoms with van der Waals surface area (Å²) >= 11 is 0. The first-order chi connectivity index (χ1) is 7.70. The molecule has 1 heterocycles. The van der Waals surface area contributed by atoms with E-state index in [1.54, 1.807) is 24.0 Å². The second kappa shape index (κ2) is 4.65. The third-order valence-corrected chi connectivity index (χ3v) is 3.16. The summed E-state index contributed by atoms with van der Waals surface area (Å²) in [7, 11) is 1.78. The number of nitrogens with zero attached hydrogens (tertiary/aromatic N) is 2. The van der Waals surface area contributed by atoms with Crippen molar-refractivity contribution in [3.8, 4) is 0 Å². The van der Waals surface area contributed by atoms with Gasteiger partial charge in [0.2, 0.25) is 0 Å². The van der Waals surface area contributed by atoms with Crippen LogP contribution in [0.5, 0.6) is 0 Å². The molecule has 2 unspecified atom stereocenters. The highest BCUT2D eigenvalue weighted by Crippen LogP contribution is 2.25. The second-order valence-electron chi connectivity index (χ2n) is 4.33. The van der Waals surface area contributed by atoms with Gasteiger partial charge in [-0.15, -0.1) is 0 Å². The van der Waals surface area contributed by atoms with E-state index in [4.69, 9.17) is 5.11 Å². The van der Waals surface area contributed by atoms with Crippen LogP contribution in [0.1, 0.15) is 29.8 Å². The lowest BCUT2D eigenvalue weighted by atomic mass is 10.1. The molecule has 0 radical (unpaired) electrons. The molecule has 1 aromatic heterocycles. The predicted molar refractivity (Wildman–Crippen MR) is 58.9 cm³/mol. The van der Waals surface area contributed by atoms with E-state index in [1.807, 2.05) is 0 Å². The maximum atomic E-state index is 11.8. The van der Waals surface area contributed by atoms with Crippen molar-refractivity contribution in [2.75, 3.05) is 6.61 Å². The van der Waals surface area contributed by atoms with Gasteiger partial charge in [0, 0.05) is 31.8 Å². The zero-order valence-electron chi connectivity index (χ0n) is 9.39. The lowest BCUT2D eigenvalue weighted by molar-refractivity contribution is 0.0910. The number of nitrogens with one attached hydrogen (secondary N) is 1. The van der Waals surface area contributed by atoms with Crippen LogP contribution in [0.3, 0.4) is 0 Å². The molecule has 1 aromatic rings. The summed E-state index contributed by atoms with van der Waals surface area (Å²) in [6.07, 6.45) is 4.75. The van der Waals surface area contributed by atoms with Gasteiger partial charge in [-0.25, -0.2) is 0 Å². The Morgan fingerprint density at radius 1 is 1.69 bits per heavy atom. The largest absolute Gasteiger partial charge is 0.396 e. The summed E-state index contributed by atoms with van der Waals surface area (Å²) in [5, 5.41) is 16.1. The van der Waals surface area contributed by atoms with Crippen molar-refractivity contribution in [3.05, 3.63) is 18.0 Å². The maximum absolute atomic E-state index is 11.8. The molecule has 2 N–H and O–H groups in total. The average molecular weight is 223 g/mol. The smallest absolute Gasteiger partial charge is 0.272 e. The van der Waals surface area contributed by atoms with Crippen LogP contribution in [0.25, 0.3) is 0 Å². The van der Waals surface area contributed by atoms with Gasteiger partial charge >= 0.3 is 0 Å². The molecule has 5 nitrogen and oxygen atoms in total. The molecule has 0 bridgehead atoms. The lowest BCUT2D eigenvalue weighted by Gasteiger charge is -2.18. The van der Waals surface area contributed by atoms with Gasteiger partial charge in [0.15, 0.2) is 0 Å². The van der Waals surface area contributed by atoms with Crippen molar-refractivity contribution in [2.45, 2.75) is 25.3 Å². The van der Waals surface area contributed by atoms with Crippen molar-refractivity contribution in [1.29, 1.82) is 0 Å². The normalized spacial score (nSPS) is 24.6. The zero-order chi connectivity index (χ0) is 11.5. The van der Waals surface area contributed by atoms with E-state index < -0.39 is 0 Å². The van der Waals surface area contributed by atoms with Crippen LogP contribution in [0.4, 0.5) is 0 Å². The number of aliphatic hydroxyl groups is 1. The number of hydrogen-bond donors (Lipinski definition) is 2. The van der Waals surface area contributed by atoms with Crippen LogP contribution in [0.15, 0.2) is 12.3 Å². The first-order valence-corrected chi connectivity index (χ1v) is 5.62. The molecule has 2 atom stereocenters. The number of rotatable bonds is 3. The molecular formula is C11H17N3O2. The van der Waals surface area contributed by atoms with Crippen molar-refractivity contribution in [2.24, 2.45) is 13.0 Å². The van der Waals surface area contributed by atoms with Crippen molar-refractivity contribution in [1.82, 2.24) is 15.1 Å². The summed E-state index contributed by atoms with van der Waals surface area (Å²) in [6.45, 7) is 0.146. The Balaban J connectivity index is 1.97. The van der Waals surface area contributed by atoms with Gasteiger partial charge in [-0.1, -0.05) is 6.42 Å². The number of carbonyl (C=O) groups excluding carboxylic acids is 1. The zero-order valence-corrected chi connectivity index (χ0v) is 9.39. The molecule has 1 saturated carbocycles. The highest BCUT2D eigenvalue weighted by molar-refractivity contribution is 5.92. The van der Waals surface area contributed by atoms with Crippen LogP contribution in [0.2, 0.25) is 0 Å². The van der Waals surface area contributed by atoms with Crippen LogP contribution in [-0.4, -0.2) is 33.4 Å². The fraction of sp³-hybridized carbons (Fsp3) is 0.636. The first kappa shape index (κ1) is 11.1. The van der Waals surface area contributed by atoms with Gasteiger partial charge in [0.1, 0.15) is 5.69 Å². The second-order valence-corrected chi connectivity index (χ2v) is 4.33. The predicted octanol–water partition coefficient (Wildman–Crippen LogP) is 0.311. The minimum absolute atomic E-state index is 0.0968. The van der Waals surface area contributed by atoms with Gasteiger partial charge in [-0.05, 0) is 18.9 Å². The number of aliphatic hydroxyl groups excluding tert-OH is 1. The highest BCUT2D eigenvalue weighted by Gasteiger charge is 2.28. The van der Waals surface area contributed by atoms with E-state index in [9.17, 15) is 4.79 Å². The van der Waals surface area contributed by atoms with E-state index in [0.717, 1.165) is 19.3 Å². The van der Waals surface area contributed by atoms with Gasteiger partial charge in [0.25, 0.3) is 5.91 Å². The quantitative estimate of drug-likeness (QED) is 0.775. The lowest BCUT2D eigenvalue weighted by Crippen LogP contribution is -2.38. The Kier molecular flexibility index (Phi) is 3.24. The monoisotopic (exact) mass is 223 g/mol.